The Hall–Kier alpha value is -1.65. The van der Waals surface area contributed by atoms with E-state index in [4.69, 9.17) is 0 Å². The Morgan fingerprint density at radius 1 is 1.47 bits per heavy atom. The van der Waals surface area contributed by atoms with Crippen molar-refractivity contribution < 1.29 is 4.92 Å². The third-order valence-electron chi connectivity index (χ3n) is 2.13. The monoisotopic (exact) mass is 210 g/mol. The highest BCUT2D eigenvalue weighted by molar-refractivity contribution is 5.24. The Morgan fingerprint density at radius 2 is 2.13 bits per heavy atom. The minimum absolute atomic E-state index is 0.0432. The van der Waals surface area contributed by atoms with Gasteiger partial charge in [-0.3, -0.25) is 14.9 Å². The molecular formula is C10H14N2O3. The van der Waals surface area contributed by atoms with E-state index in [1.165, 1.54) is 22.9 Å². The highest BCUT2D eigenvalue weighted by atomic mass is 16.6. The van der Waals surface area contributed by atoms with Gasteiger partial charge in [-0.05, 0) is 12.3 Å². The third-order valence-corrected chi connectivity index (χ3v) is 2.13. The summed E-state index contributed by atoms with van der Waals surface area (Å²) in [5.74, 6) is 0.469. The standard InChI is InChI=1S/C10H14N2O3/c1-8(2)5-6-11-7-9(12(14)15)3-4-10(11)13/h3-4,7-8H,5-6H2,1-2H3. The lowest BCUT2D eigenvalue weighted by Crippen LogP contribution is -2.19. The van der Waals surface area contributed by atoms with Gasteiger partial charge < -0.3 is 4.57 Å². The first-order valence-electron chi connectivity index (χ1n) is 4.85. The molecule has 0 aliphatic heterocycles. The molecule has 0 saturated carbocycles. The average molecular weight is 210 g/mol. The minimum atomic E-state index is -0.495. The molecule has 15 heavy (non-hydrogen) atoms. The molecule has 0 N–H and O–H groups in total. The summed E-state index contributed by atoms with van der Waals surface area (Å²) in [5, 5.41) is 10.5. The number of aromatic nitrogens is 1. The summed E-state index contributed by atoms with van der Waals surface area (Å²) in [7, 11) is 0. The second-order valence-corrected chi connectivity index (χ2v) is 3.86. The SMILES string of the molecule is CC(C)CCn1cc([N+](=O)[O-])ccc1=O. The molecule has 1 aromatic heterocycles. The lowest BCUT2D eigenvalue weighted by molar-refractivity contribution is -0.385. The Morgan fingerprint density at radius 3 is 2.67 bits per heavy atom. The molecule has 82 valence electrons. The Bertz CT molecular complexity index is 409. The van der Waals surface area contributed by atoms with Gasteiger partial charge in [0.05, 0.1) is 11.1 Å². The minimum Gasteiger partial charge on any atom is -0.309 e. The number of nitro groups is 1. The summed E-state index contributed by atoms with van der Waals surface area (Å²) in [6.45, 7) is 4.61. The molecule has 0 unspecified atom stereocenters. The molecule has 0 aromatic carbocycles. The van der Waals surface area contributed by atoms with Crippen molar-refractivity contribution in [2.45, 2.75) is 26.8 Å². The van der Waals surface area contributed by atoms with Crippen LogP contribution in [0.5, 0.6) is 0 Å². The van der Waals surface area contributed by atoms with Gasteiger partial charge in [0.2, 0.25) is 0 Å². The fourth-order valence-electron chi connectivity index (χ4n) is 1.20. The molecule has 1 rings (SSSR count). The molecule has 0 fully saturated rings. The number of nitrogens with zero attached hydrogens (tertiary/aromatic N) is 2. The topological polar surface area (TPSA) is 65.1 Å². The zero-order chi connectivity index (χ0) is 11.4. The van der Waals surface area contributed by atoms with E-state index in [0.29, 0.717) is 12.5 Å². The van der Waals surface area contributed by atoms with Crippen LogP contribution < -0.4 is 5.56 Å². The number of rotatable bonds is 4. The van der Waals surface area contributed by atoms with Crippen LogP contribution in [-0.2, 0) is 6.54 Å². The largest absolute Gasteiger partial charge is 0.309 e. The fourth-order valence-corrected chi connectivity index (χ4v) is 1.20. The van der Waals surface area contributed by atoms with Crippen LogP contribution in [0.15, 0.2) is 23.1 Å². The van der Waals surface area contributed by atoms with Crippen molar-refractivity contribution in [3.05, 3.63) is 38.8 Å². The highest BCUT2D eigenvalue weighted by Gasteiger charge is 2.07. The summed E-state index contributed by atoms with van der Waals surface area (Å²) in [5.41, 5.74) is -0.236. The summed E-state index contributed by atoms with van der Waals surface area (Å²) in [4.78, 5) is 21.3. The smallest absolute Gasteiger partial charge is 0.285 e. The first kappa shape index (κ1) is 11.4. The van der Waals surface area contributed by atoms with Gasteiger partial charge in [-0.25, -0.2) is 0 Å². The van der Waals surface area contributed by atoms with Crippen molar-refractivity contribution in [1.82, 2.24) is 4.57 Å². The van der Waals surface area contributed by atoms with Crippen LogP contribution in [0.25, 0.3) is 0 Å². The molecule has 0 atom stereocenters. The van der Waals surface area contributed by atoms with Crippen LogP contribution in [-0.4, -0.2) is 9.49 Å². The van der Waals surface area contributed by atoms with Gasteiger partial charge in [0.1, 0.15) is 0 Å². The lowest BCUT2D eigenvalue weighted by Gasteiger charge is -2.06. The van der Waals surface area contributed by atoms with E-state index in [1.54, 1.807) is 0 Å². The summed E-state index contributed by atoms with van der Waals surface area (Å²) < 4.78 is 1.39. The van der Waals surface area contributed by atoms with Crippen LogP contribution in [0.4, 0.5) is 5.69 Å². The van der Waals surface area contributed by atoms with Gasteiger partial charge in [0.25, 0.3) is 11.2 Å². The first-order chi connectivity index (χ1) is 7.00. The fraction of sp³-hybridized carbons (Fsp3) is 0.500. The molecule has 0 bridgehead atoms. The first-order valence-corrected chi connectivity index (χ1v) is 4.85. The second-order valence-electron chi connectivity index (χ2n) is 3.86. The summed E-state index contributed by atoms with van der Waals surface area (Å²) >= 11 is 0. The van der Waals surface area contributed by atoms with E-state index >= 15 is 0 Å². The van der Waals surface area contributed by atoms with E-state index < -0.39 is 4.92 Å². The molecule has 0 saturated heterocycles. The maximum atomic E-state index is 11.3. The predicted molar refractivity (Wildman–Crippen MR) is 56.8 cm³/mol. The van der Waals surface area contributed by atoms with Gasteiger partial charge in [0.15, 0.2) is 0 Å². The summed E-state index contributed by atoms with van der Waals surface area (Å²) in [6, 6.07) is 2.46. The lowest BCUT2D eigenvalue weighted by atomic mass is 10.1. The van der Waals surface area contributed by atoms with Crippen LogP contribution in [0.3, 0.4) is 0 Å². The molecule has 0 aliphatic rings. The van der Waals surface area contributed by atoms with Crippen LogP contribution in [0, 0.1) is 16.0 Å². The average Bonchev–Trinajstić information content (AvgIpc) is 2.16. The van der Waals surface area contributed by atoms with Crippen molar-refractivity contribution in [3.8, 4) is 0 Å². The van der Waals surface area contributed by atoms with E-state index in [0.717, 1.165) is 6.42 Å². The molecule has 5 heteroatoms. The Kier molecular flexibility index (Phi) is 3.60. The highest BCUT2D eigenvalue weighted by Crippen LogP contribution is 2.08. The second kappa shape index (κ2) is 4.72. The molecule has 1 aromatic rings. The molecule has 0 aliphatic carbocycles. The number of hydrogen-bond acceptors (Lipinski definition) is 3. The van der Waals surface area contributed by atoms with E-state index in [1.807, 2.05) is 13.8 Å². The summed E-state index contributed by atoms with van der Waals surface area (Å²) in [6.07, 6.45) is 2.13. The Balaban J connectivity index is 2.91. The maximum Gasteiger partial charge on any atom is 0.285 e. The molecule has 0 amide bonds. The van der Waals surface area contributed by atoms with E-state index in [-0.39, 0.29) is 11.2 Å². The Labute approximate surface area is 87.5 Å². The number of aryl methyl sites for hydroxylation is 1. The molecule has 5 nitrogen and oxygen atoms in total. The van der Waals surface area contributed by atoms with Crippen LogP contribution in [0.1, 0.15) is 20.3 Å². The predicted octanol–water partition coefficient (Wildman–Crippen LogP) is 1.80. The number of hydrogen-bond donors (Lipinski definition) is 0. The molecule has 0 spiro atoms. The number of pyridine rings is 1. The van der Waals surface area contributed by atoms with Crippen molar-refractivity contribution in [2.24, 2.45) is 5.92 Å². The van der Waals surface area contributed by atoms with E-state index in [2.05, 4.69) is 0 Å². The quantitative estimate of drug-likeness (QED) is 0.562. The van der Waals surface area contributed by atoms with Gasteiger partial charge in [0, 0.05) is 18.7 Å². The van der Waals surface area contributed by atoms with Gasteiger partial charge in [-0.2, -0.15) is 0 Å². The van der Waals surface area contributed by atoms with E-state index in [9.17, 15) is 14.9 Å². The van der Waals surface area contributed by atoms with Crippen molar-refractivity contribution in [3.63, 3.8) is 0 Å². The van der Waals surface area contributed by atoms with Crippen molar-refractivity contribution in [1.29, 1.82) is 0 Å². The molecule has 1 heterocycles. The van der Waals surface area contributed by atoms with Crippen LogP contribution >= 0.6 is 0 Å². The normalized spacial score (nSPS) is 10.6. The molecule has 0 radical (unpaired) electrons. The molecular weight excluding hydrogens is 196 g/mol. The zero-order valence-corrected chi connectivity index (χ0v) is 8.84. The van der Waals surface area contributed by atoms with Gasteiger partial charge >= 0.3 is 0 Å². The zero-order valence-electron chi connectivity index (χ0n) is 8.84. The maximum absolute atomic E-state index is 11.3. The van der Waals surface area contributed by atoms with Gasteiger partial charge in [-0.1, -0.05) is 13.8 Å². The van der Waals surface area contributed by atoms with Crippen LogP contribution in [0.2, 0.25) is 0 Å². The van der Waals surface area contributed by atoms with Gasteiger partial charge in [-0.15, -0.1) is 0 Å². The third kappa shape index (κ3) is 3.19. The van der Waals surface area contributed by atoms with Crippen molar-refractivity contribution >= 4 is 5.69 Å². The van der Waals surface area contributed by atoms with Crippen molar-refractivity contribution in [2.75, 3.05) is 0 Å².